The molecule has 2 aromatic carbocycles. The normalized spacial score (nSPS) is 25.5. The number of aliphatic hydroxyl groups is 1. The maximum Gasteiger partial charge on any atom is 0.242 e. The van der Waals surface area contributed by atoms with Gasteiger partial charge in [0.25, 0.3) is 0 Å². The smallest absolute Gasteiger partial charge is 0.242 e. The molecular weight excluding hydrogens is 386 g/mol. The van der Waals surface area contributed by atoms with E-state index >= 15 is 0 Å². The average Bonchev–Trinajstić information content (AvgIpc) is 3.28. The number of hydrazine groups is 1. The van der Waals surface area contributed by atoms with Gasteiger partial charge in [0.15, 0.2) is 11.5 Å². The van der Waals surface area contributed by atoms with Gasteiger partial charge in [-0.1, -0.05) is 24.3 Å². The predicted octanol–water partition coefficient (Wildman–Crippen LogP) is 1.60. The van der Waals surface area contributed by atoms with Gasteiger partial charge in [0.05, 0.1) is 18.7 Å². The molecule has 160 valence electrons. The first-order valence-corrected chi connectivity index (χ1v) is 10.2. The van der Waals surface area contributed by atoms with Crippen LogP contribution in [0.3, 0.4) is 0 Å². The Labute approximate surface area is 175 Å². The van der Waals surface area contributed by atoms with E-state index < -0.39 is 6.04 Å². The number of fused-ring (bicyclic) bond motifs is 1. The largest absolute Gasteiger partial charge is 0.508 e. The number of likely N-dealkylation sites (tertiary alicyclic amines) is 1. The van der Waals surface area contributed by atoms with Gasteiger partial charge in [0, 0.05) is 24.6 Å². The number of phenolic OH excluding ortho intramolecular Hbond substituents is 2. The van der Waals surface area contributed by atoms with E-state index in [0.717, 1.165) is 5.56 Å². The number of phenols is 2. The molecule has 0 aliphatic carbocycles. The first-order valence-electron chi connectivity index (χ1n) is 10.2. The van der Waals surface area contributed by atoms with Crippen molar-refractivity contribution in [1.29, 1.82) is 0 Å². The monoisotopic (exact) mass is 413 g/mol. The van der Waals surface area contributed by atoms with Gasteiger partial charge in [0.1, 0.15) is 11.8 Å². The zero-order valence-electron chi connectivity index (χ0n) is 16.8. The fraction of sp³-hybridized carbons (Fsp3) is 0.409. The van der Waals surface area contributed by atoms with E-state index in [9.17, 15) is 20.1 Å². The highest BCUT2D eigenvalue weighted by Gasteiger charge is 2.55. The zero-order chi connectivity index (χ0) is 21.3. The number of para-hydroxylation sites is 1. The number of hydrogen-bond donors (Lipinski definition) is 5. The molecule has 0 aromatic heterocycles. The standard InChI is InChI=1S/C22H27N3O5/c1-2-30-17-12-13(8-9-16(17)28)21-18-19(14-6-3-4-7-15(14)27)23-24-20(18)22(29)25(21)10-5-11-26/h3-4,6-9,12,18-21,23-24,26-28H,2,5,10-11H2,1H3. The van der Waals surface area contributed by atoms with Crippen molar-refractivity contribution in [2.45, 2.75) is 31.5 Å². The molecule has 1 amide bonds. The number of hydrogen-bond acceptors (Lipinski definition) is 7. The summed E-state index contributed by atoms with van der Waals surface area (Å²) in [6, 6.07) is 11.1. The maximum atomic E-state index is 13.2. The minimum atomic E-state index is -0.470. The molecular formula is C22H27N3O5. The van der Waals surface area contributed by atoms with Gasteiger partial charge in [0.2, 0.25) is 5.91 Å². The van der Waals surface area contributed by atoms with Gasteiger partial charge in [-0.2, -0.15) is 0 Å². The highest BCUT2D eigenvalue weighted by molar-refractivity contribution is 5.86. The van der Waals surface area contributed by atoms with Crippen LogP contribution < -0.4 is 15.6 Å². The molecule has 2 aromatic rings. The molecule has 4 rings (SSSR count). The molecule has 4 unspecified atom stereocenters. The number of amides is 1. The topological polar surface area (TPSA) is 114 Å². The number of aromatic hydroxyl groups is 2. The van der Waals surface area contributed by atoms with Crippen LogP contribution >= 0.6 is 0 Å². The van der Waals surface area contributed by atoms with Crippen LogP contribution in [0.2, 0.25) is 0 Å². The number of carbonyl (C=O) groups excluding carboxylic acids is 1. The lowest BCUT2D eigenvalue weighted by Crippen LogP contribution is -2.41. The summed E-state index contributed by atoms with van der Waals surface area (Å²) in [5.74, 6) is 0.311. The number of aliphatic hydroxyl groups excluding tert-OH is 1. The summed E-state index contributed by atoms with van der Waals surface area (Å²) in [6.45, 7) is 2.64. The van der Waals surface area contributed by atoms with Gasteiger partial charge in [-0.25, -0.2) is 10.9 Å². The van der Waals surface area contributed by atoms with E-state index in [2.05, 4.69) is 10.9 Å². The van der Waals surface area contributed by atoms with Gasteiger partial charge in [-0.05, 0) is 37.1 Å². The molecule has 30 heavy (non-hydrogen) atoms. The Morgan fingerprint density at radius 2 is 1.83 bits per heavy atom. The van der Waals surface area contributed by atoms with Crippen LogP contribution in [0.15, 0.2) is 42.5 Å². The lowest BCUT2D eigenvalue weighted by atomic mass is 9.83. The summed E-state index contributed by atoms with van der Waals surface area (Å²) in [6.07, 6.45) is 0.465. The van der Waals surface area contributed by atoms with Crippen molar-refractivity contribution in [2.24, 2.45) is 5.92 Å². The summed E-state index contributed by atoms with van der Waals surface area (Å²) in [5, 5.41) is 29.9. The predicted molar refractivity (Wildman–Crippen MR) is 110 cm³/mol. The fourth-order valence-electron chi connectivity index (χ4n) is 4.59. The first kappa shape index (κ1) is 20.5. The van der Waals surface area contributed by atoms with Crippen LogP contribution in [0.25, 0.3) is 0 Å². The number of nitrogens with zero attached hydrogens (tertiary/aromatic N) is 1. The fourth-order valence-corrected chi connectivity index (χ4v) is 4.59. The molecule has 0 saturated carbocycles. The second kappa shape index (κ2) is 8.51. The molecule has 0 radical (unpaired) electrons. The first-order chi connectivity index (χ1) is 14.6. The lowest BCUT2D eigenvalue weighted by molar-refractivity contribution is -0.130. The van der Waals surface area contributed by atoms with E-state index in [0.29, 0.717) is 30.9 Å². The van der Waals surface area contributed by atoms with Crippen LogP contribution in [-0.4, -0.2) is 51.9 Å². The van der Waals surface area contributed by atoms with Crippen molar-refractivity contribution in [1.82, 2.24) is 15.8 Å². The van der Waals surface area contributed by atoms with Crippen LogP contribution in [0.1, 0.15) is 36.6 Å². The molecule has 2 aliphatic heterocycles. The Balaban J connectivity index is 1.78. The molecule has 4 atom stereocenters. The van der Waals surface area contributed by atoms with Crippen LogP contribution in [0.4, 0.5) is 0 Å². The summed E-state index contributed by atoms with van der Waals surface area (Å²) in [4.78, 5) is 15.0. The maximum absolute atomic E-state index is 13.2. The van der Waals surface area contributed by atoms with Crippen molar-refractivity contribution in [2.75, 3.05) is 19.8 Å². The minimum absolute atomic E-state index is 0.0137. The van der Waals surface area contributed by atoms with Crippen molar-refractivity contribution in [3.63, 3.8) is 0 Å². The Morgan fingerprint density at radius 1 is 1.07 bits per heavy atom. The summed E-state index contributed by atoms with van der Waals surface area (Å²) in [7, 11) is 0. The number of benzene rings is 2. The second-order valence-corrected chi connectivity index (χ2v) is 7.59. The van der Waals surface area contributed by atoms with Gasteiger partial charge < -0.3 is 25.0 Å². The molecule has 2 aliphatic rings. The molecule has 0 bridgehead atoms. The third kappa shape index (κ3) is 3.47. The van der Waals surface area contributed by atoms with E-state index in [1.807, 2.05) is 19.1 Å². The summed E-state index contributed by atoms with van der Waals surface area (Å²) < 4.78 is 5.56. The highest BCUT2D eigenvalue weighted by Crippen LogP contribution is 2.49. The lowest BCUT2D eigenvalue weighted by Gasteiger charge is -2.31. The molecule has 2 heterocycles. The quantitative estimate of drug-likeness (QED) is 0.468. The highest BCUT2D eigenvalue weighted by atomic mass is 16.5. The number of ether oxygens (including phenoxy) is 1. The Bertz CT molecular complexity index is 921. The summed E-state index contributed by atoms with van der Waals surface area (Å²) >= 11 is 0. The SMILES string of the molecule is CCOc1cc(C2C3C(NNC3c3ccccc3O)C(=O)N2CCCO)ccc1O. The Kier molecular flexibility index (Phi) is 5.80. The van der Waals surface area contributed by atoms with Crippen molar-refractivity contribution in [3.05, 3.63) is 53.6 Å². The zero-order valence-corrected chi connectivity index (χ0v) is 16.8. The van der Waals surface area contributed by atoms with Gasteiger partial charge in [-0.3, -0.25) is 4.79 Å². The van der Waals surface area contributed by atoms with Gasteiger partial charge >= 0.3 is 0 Å². The van der Waals surface area contributed by atoms with E-state index in [4.69, 9.17) is 4.74 Å². The molecule has 8 nitrogen and oxygen atoms in total. The van der Waals surface area contributed by atoms with Crippen molar-refractivity contribution >= 4 is 5.91 Å². The molecule has 8 heteroatoms. The molecule has 0 spiro atoms. The van der Waals surface area contributed by atoms with Crippen molar-refractivity contribution in [3.8, 4) is 17.2 Å². The molecule has 2 saturated heterocycles. The average molecular weight is 413 g/mol. The van der Waals surface area contributed by atoms with E-state index in [1.165, 1.54) is 0 Å². The Hall–Kier alpha value is -2.81. The molecule has 2 fully saturated rings. The van der Waals surface area contributed by atoms with Crippen LogP contribution in [-0.2, 0) is 4.79 Å². The van der Waals surface area contributed by atoms with E-state index in [1.54, 1.807) is 35.2 Å². The molecule has 5 N–H and O–H groups in total. The summed E-state index contributed by atoms with van der Waals surface area (Å²) in [5.41, 5.74) is 7.84. The van der Waals surface area contributed by atoms with Crippen LogP contribution in [0.5, 0.6) is 17.2 Å². The van der Waals surface area contributed by atoms with E-state index in [-0.39, 0.29) is 42.0 Å². The van der Waals surface area contributed by atoms with Gasteiger partial charge in [-0.15, -0.1) is 0 Å². The minimum Gasteiger partial charge on any atom is -0.508 e. The van der Waals surface area contributed by atoms with Crippen molar-refractivity contribution < 1.29 is 24.9 Å². The number of carbonyl (C=O) groups is 1. The third-order valence-electron chi connectivity index (χ3n) is 5.87. The second-order valence-electron chi connectivity index (χ2n) is 7.59. The third-order valence-corrected chi connectivity index (χ3v) is 5.87. The number of rotatable bonds is 7. The number of nitrogens with one attached hydrogen (secondary N) is 2. The Morgan fingerprint density at radius 3 is 2.57 bits per heavy atom. The van der Waals surface area contributed by atoms with Crippen LogP contribution in [0, 0.1) is 5.92 Å².